The molecular weight excluding hydrogens is 215 g/mol. The number of hydrogen-bond acceptors (Lipinski definition) is 0. The molecule has 0 aromatic rings. The van der Waals surface area contributed by atoms with Gasteiger partial charge in [-0.05, 0) is 0 Å². The van der Waals surface area contributed by atoms with Gasteiger partial charge in [0.05, 0.1) is 0 Å². The van der Waals surface area contributed by atoms with Crippen molar-refractivity contribution in [2.24, 2.45) is 11.8 Å². The van der Waals surface area contributed by atoms with E-state index in [1.54, 1.807) is 22.5 Å². The molecule has 0 fully saturated rings. The van der Waals surface area contributed by atoms with Crippen molar-refractivity contribution < 1.29 is 0 Å². The molecule has 0 unspecified atom stereocenters. The summed E-state index contributed by atoms with van der Waals surface area (Å²) in [6.45, 7) is 11.6. The average Bonchev–Trinajstić information content (AvgIpc) is 1.65. The van der Waals surface area contributed by atoms with Crippen molar-refractivity contribution in [3.63, 3.8) is 0 Å². The van der Waals surface area contributed by atoms with E-state index in [4.69, 9.17) is 0 Å². The van der Waals surface area contributed by atoms with E-state index in [9.17, 15) is 0 Å². The Morgan fingerprint density at radius 1 is 1.00 bits per heavy atom. The van der Waals surface area contributed by atoms with Crippen LogP contribution in [0.25, 0.3) is 0 Å². The molecule has 0 spiro atoms. The third-order valence-corrected chi connectivity index (χ3v) is 5.69. The first-order chi connectivity index (χ1) is 3.89. The van der Waals surface area contributed by atoms with Crippen molar-refractivity contribution in [2.75, 3.05) is 0 Å². The van der Waals surface area contributed by atoms with E-state index in [2.05, 4.69) is 34.6 Å². The molecule has 0 amide bonds. The fourth-order valence-corrected chi connectivity index (χ4v) is 0.667. The molecule has 9 heavy (non-hydrogen) atoms. The van der Waals surface area contributed by atoms with Gasteiger partial charge in [-0.3, -0.25) is 0 Å². The van der Waals surface area contributed by atoms with Crippen LogP contribution in [0.2, 0.25) is 3.43 Å². The summed E-state index contributed by atoms with van der Waals surface area (Å²) < 4.78 is 0.590. The minimum absolute atomic E-state index is 0.590. The number of rotatable bonds is 2. The van der Waals surface area contributed by atoms with Gasteiger partial charge in [0, 0.05) is 0 Å². The maximum absolute atomic E-state index is 2.38. The van der Waals surface area contributed by atoms with Crippen LogP contribution >= 0.6 is 0 Å². The molecule has 0 saturated heterocycles. The Morgan fingerprint density at radius 2 is 1.22 bits per heavy atom. The molecule has 0 aliphatic carbocycles. The Balaban J connectivity index is 4.01. The summed E-state index contributed by atoms with van der Waals surface area (Å²) in [7, 11) is 0. The molecular formula is C8H17Sn. The van der Waals surface area contributed by atoms with Gasteiger partial charge in [0.1, 0.15) is 0 Å². The van der Waals surface area contributed by atoms with Crippen molar-refractivity contribution in [1.29, 1.82) is 0 Å². The fraction of sp³-hybridized carbons (Fsp3) is 1.00. The topological polar surface area (TPSA) is 0 Å². The van der Waals surface area contributed by atoms with Crippen LogP contribution in [0.3, 0.4) is 0 Å². The Hall–Kier alpha value is 0.799. The maximum atomic E-state index is 2.38. The molecule has 1 heteroatoms. The Bertz CT molecular complexity index is 72.6. The summed E-state index contributed by atoms with van der Waals surface area (Å²) in [5.74, 6) is 1.66. The van der Waals surface area contributed by atoms with Crippen LogP contribution in [0, 0.1) is 11.8 Å². The predicted molar refractivity (Wildman–Crippen MR) is 43.8 cm³/mol. The van der Waals surface area contributed by atoms with Crippen LogP contribution < -0.4 is 0 Å². The zero-order valence-electron chi connectivity index (χ0n) is 7.15. The van der Waals surface area contributed by atoms with Crippen molar-refractivity contribution >= 4 is 22.5 Å². The van der Waals surface area contributed by atoms with E-state index < -0.39 is 0 Å². The molecule has 0 aromatic carbocycles. The van der Waals surface area contributed by atoms with E-state index >= 15 is 0 Å². The second-order valence-electron chi connectivity index (χ2n) is 3.59. The van der Waals surface area contributed by atoms with E-state index in [1.807, 2.05) is 0 Å². The van der Waals surface area contributed by atoms with Crippen LogP contribution in [0.5, 0.6) is 0 Å². The van der Waals surface area contributed by atoms with Crippen molar-refractivity contribution in [2.45, 2.75) is 38.0 Å². The Labute approximate surface area is 72.5 Å². The quantitative estimate of drug-likeness (QED) is 0.642. The van der Waals surface area contributed by atoms with E-state index in [0.717, 1.165) is 11.8 Å². The molecule has 0 N–H and O–H groups in total. The van der Waals surface area contributed by atoms with Gasteiger partial charge in [-0.15, -0.1) is 0 Å². The second-order valence-corrected chi connectivity index (χ2v) is 6.67. The molecule has 0 aliphatic heterocycles. The minimum atomic E-state index is 0.590. The van der Waals surface area contributed by atoms with E-state index in [-0.39, 0.29) is 0 Å². The van der Waals surface area contributed by atoms with Gasteiger partial charge in [-0.1, -0.05) is 0 Å². The monoisotopic (exact) mass is 233 g/mol. The SMILES string of the molecule is CC(C)[C](C)([Sn])C(C)C. The molecule has 53 valence electrons. The molecule has 0 nitrogen and oxygen atoms in total. The summed E-state index contributed by atoms with van der Waals surface area (Å²) in [6, 6.07) is 0. The predicted octanol–water partition coefficient (Wildman–Crippen LogP) is 2.65. The van der Waals surface area contributed by atoms with Crippen LogP contribution in [0.1, 0.15) is 34.6 Å². The molecule has 0 atom stereocenters. The van der Waals surface area contributed by atoms with Gasteiger partial charge < -0.3 is 0 Å². The third-order valence-electron chi connectivity index (χ3n) is 2.40. The molecule has 0 saturated carbocycles. The fourth-order valence-electron chi connectivity index (χ4n) is 0.667. The van der Waals surface area contributed by atoms with Crippen LogP contribution in [0.4, 0.5) is 0 Å². The zero-order chi connectivity index (χ0) is 7.65. The summed E-state index contributed by atoms with van der Waals surface area (Å²) >= 11 is 1.68. The first-order valence-corrected chi connectivity index (χ1v) is 5.06. The second kappa shape index (κ2) is 3.27. The zero-order valence-corrected chi connectivity index (χ0v) is 10.0. The van der Waals surface area contributed by atoms with Crippen LogP contribution in [-0.4, -0.2) is 22.5 Å². The van der Waals surface area contributed by atoms with E-state index in [1.165, 1.54) is 0 Å². The third kappa shape index (κ3) is 2.48. The normalized spacial score (nSPS) is 13.3. The van der Waals surface area contributed by atoms with Crippen molar-refractivity contribution in [3.05, 3.63) is 0 Å². The summed E-state index contributed by atoms with van der Waals surface area (Å²) in [5.41, 5.74) is 0. The van der Waals surface area contributed by atoms with Gasteiger partial charge in [-0.2, -0.15) is 0 Å². The van der Waals surface area contributed by atoms with E-state index in [0.29, 0.717) is 3.43 Å². The number of hydrogen-bond donors (Lipinski definition) is 0. The molecule has 0 bridgehead atoms. The van der Waals surface area contributed by atoms with Crippen molar-refractivity contribution in [3.8, 4) is 0 Å². The van der Waals surface area contributed by atoms with Gasteiger partial charge in [0.25, 0.3) is 0 Å². The van der Waals surface area contributed by atoms with Gasteiger partial charge in [-0.25, -0.2) is 0 Å². The van der Waals surface area contributed by atoms with Crippen LogP contribution in [0.15, 0.2) is 0 Å². The van der Waals surface area contributed by atoms with Gasteiger partial charge in [0.2, 0.25) is 0 Å². The van der Waals surface area contributed by atoms with Crippen molar-refractivity contribution in [1.82, 2.24) is 0 Å². The van der Waals surface area contributed by atoms with Crippen LogP contribution in [-0.2, 0) is 0 Å². The first kappa shape index (κ1) is 9.80. The van der Waals surface area contributed by atoms with Gasteiger partial charge >= 0.3 is 72.4 Å². The molecule has 0 aliphatic rings. The van der Waals surface area contributed by atoms with Gasteiger partial charge in [0.15, 0.2) is 0 Å². The standard InChI is InChI=1S/C8H17.Sn/c1-6(2)8(5)7(3)4;/h6-7H,1-5H3;. The molecule has 3 radical (unpaired) electrons. The average molecular weight is 232 g/mol. The Morgan fingerprint density at radius 3 is 1.22 bits per heavy atom. The Kier molecular flexibility index (Phi) is 3.56. The molecule has 0 rings (SSSR count). The summed E-state index contributed by atoms with van der Waals surface area (Å²) in [5, 5.41) is 0. The summed E-state index contributed by atoms with van der Waals surface area (Å²) in [4.78, 5) is 0. The first-order valence-electron chi connectivity index (χ1n) is 3.64. The molecule has 0 aromatic heterocycles. The molecule has 0 heterocycles. The summed E-state index contributed by atoms with van der Waals surface area (Å²) in [6.07, 6.45) is 0.